The minimum absolute atomic E-state index is 0.332. The van der Waals surface area contributed by atoms with E-state index in [1.54, 1.807) is 0 Å². The van der Waals surface area contributed by atoms with Crippen LogP contribution < -0.4 is 5.32 Å². The summed E-state index contributed by atoms with van der Waals surface area (Å²) in [6.45, 7) is 0.406. The summed E-state index contributed by atoms with van der Waals surface area (Å²) in [6, 6.07) is 1.58. The Labute approximate surface area is 104 Å². The van der Waals surface area contributed by atoms with Crippen LogP contribution in [0.15, 0.2) is 12.1 Å². The van der Waals surface area contributed by atoms with E-state index in [9.17, 15) is 13.6 Å². The van der Waals surface area contributed by atoms with Crippen molar-refractivity contribution < 1.29 is 13.6 Å². The first kappa shape index (κ1) is 12.6. The maximum atomic E-state index is 13.2. The summed E-state index contributed by atoms with van der Waals surface area (Å²) in [6.07, 6.45) is 0. The van der Waals surface area contributed by atoms with Gasteiger partial charge >= 0.3 is 0 Å². The molecule has 0 saturated heterocycles. The van der Waals surface area contributed by atoms with Crippen LogP contribution in [-0.2, 0) is 0 Å². The normalized spacial score (nSPS) is 10.1. The van der Waals surface area contributed by atoms with Crippen molar-refractivity contribution in [3.63, 3.8) is 0 Å². The van der Waals surface area contributed by atoms with E-state index in [0.717, 1.165) is 12.1 Å². The molecule has 6 heteroatoms. The first-order valence-electron chi connectivity index (χ1n) is 4.05. The molecular weight excluding hydrogens is 338 g/mol. The van der Waals surface area contributed by atoms with E-state index in [-0.39, 0.29) is 10.6 Å². The SMILES string of the molecule is O=C(NCCI)c1cc(F)c(Cl)cc1F. The molecule has 0 fully saturated rings. The summed E-state index contributed by atoms with van der Waals surface area (Å²) in [7, 11) is 0. The van der Waals surface area contributed by atoms with Gasteiger partial charge in [-0.3, -0.25) is 4.79 Å². The van der Waals surface area contributed by atoms with Crippen LogP contribution in [0.25, 0.3) is 0 Å². The predicted molar refractivity (Wildman–Crippen MR) is 62.6 cm³/mol. The highest BCUT2D eigenvalue weighted by atomic mass is 127. The fourth-order valence-corrected chi connectivity index (χ4v) is 1.37. The van der Waals surface area contributed by atoms with Crippen molar-refractivity contribution in [2.45, 2.75) is 0 Å². The van der Waals surface area contributed by atoms with Gasteiger partial charge in [0.25, 0.3) is 5.91 Å². The molecule has 2 nitrogen and oxygen atoms in total. The highest BCUT2D eigenvalue weighted by molar-refractivity contribution is 14.1. The van der Waals surface area contributed by atoms with Crippen LogP contribution in [0.3, 0.4) is 0 Å². The summed E-state index contributed by atoms with van der Waals surface area (Å²) in [5.41, 5.74) is -0.332. The third-order valence-corrected chi connectivity index (χ3v) is 2.46. The number of amides is 1. The molecule has 1 amide bonds. The number of carbonyl (C=O) groups is 1. The zero-order valence-corrected chi connectivity index (χ0v) is 10.4. The second-order valence-corrected chi connectivity index (χ2v) is 4.18. The van der Waals surface area contributed by atoms with E-state index < -0.39 is 17.5 Å². The van der Waals surface area contributed by atoms with Gasteiger partial charge in [0.15, 0.2) is 0 Å². The number of hydrogen-bond donors (Lipinski definition) is 1. The third kappa shape index (κ3) is 3.27. The Hall–Kier alpha value is -0.430. The van der Waals surface area contributed by atoms with Gasteiger partial charge < -0.3 is 5.32 Å². The van der Waals surface area contributed by atoms with E-state index in [0.29, 0.717) is 11.0 Å². The quantitative estimate of drug-likeness (QED) is 0.509. The van der Waals surface area contributed by atoms with Crippen molar-refractivity contribution in [1.82, 2.24) is 5.32 Å². The van der Waals surface area contributed by atoms with Crippen LogP contribution in [0.1, 0.15) is 10.4 Å². The fourth-order valence-electron chi connectivity index (χ4n) is 0.953. The molecule has 0 spiro atoms. The summed E-state index contributed by atoms with van der Waals surface area (Å²) in [4.78, 5) is 11.3. The molecular formula is C9H7ClF2INO. The van der Waals surface area contributed by atoms with Crippen LogP contribution in [0.2, 0.25) is 5.02 Å². The number of nitrogens with one attached hydrogen (secondary N) is 1. The highest BCUT2D eigenvalue weighted by Gasteiger charge is 2.14. The maximum absolute atomic E-state index is 13.2. The zero-order valence-electron chi connectivity index (χ0n) is 7.49. The zero-order chi connectivity index (χ0) is 11.4. The van der Waals surface area contributed by atoms with E-state index in [1.165, 1.54) is 0 Å². The fraction of sp³-hybridized carbons (Fsp3) is 0.222. The van der Waals surface area contributed by atoms with Crippen molar-refractivity contribution in [3.8, 4) is 0 Å². The number of hydrogen-bond acceptors (Lipinski definition) is 1. The second kappa shape index (κ2) is 5.60. The molecule has 1 N–H and O–H groups in total. The summed E-state index contributed by atoms with van der Waals surface area (Å²) in [5, 5.41) is 2.10. The lowest BCUT2D eigenvalue weighted by atomic mass is 10.2. The van der Waals surface area contributed by atoms with Gasteiger partial charge in [0, 0.05) is 11.0 Å². The highest BCUT2D eigenvalue weighted by Crippen LogP contribution is 2.19. The molecule has 0 unspecified atom stereocenters. The molecule has 0 aliphatic carbocycles. The molecule has 0 aliphatic heterocycles. The van der Waals surface area contributed by atoms with Gasteiger partial charge in [-0.2, -0.15) is 0 Å². The molecule has 0 saturated carbocycles. The van der Waals surface area contributed by atoms with Gasteiger partial charge in [-0.1, -0.05) is 34.2 Å². The molecule has 0 heterocycles. The lowest BCUT2D eigenvalue weighted by Crippen LogP contribution is -2.26. The molecule has 0 aliphatic rings. The first-order valence-corrected chi connectivity index (χ1v) is 5.95. The second-order valence-electron chi connectivity index (χ2n) is 2.69. The number of rotatable bonds is 3. The van der Waals surface area contributed by atoms with E-state index in [1.807, 2.05) is 0 Å². The predicted octanol–water partition coefficient (Wildman–Crippen LogP) is 2.78. The lowest BCUT2D eigenvalue weighted by Gasteiger charge is -2.05. The van der Waals surface area contributed by atoms with Crippen molar-refractivity contribution in [3.05, 3.63) is 34.4 Å². The Balaban J connectivity index is 2.94. The Kier molecular flexibility index (Phi) is 4.72. The Morgan fingerprint density at radius 3 is 2.67 bits per heavy atom. The molecule has 15 heavy (non-hydrogen) atoms. The van der Waals surface area contributed by atoms with Crippen LogP contribution in [0.5, 0.6) is 0 Å². The van der Waals surface area contributed by atoms with Gasteiger partial charge in [-0.15, -0.1) is 0 Å². The number of carbonyl (C=O) groups excluding carboxylic acids is 1. The molecule has 0 bridgehead atoms. The average molecular weight is 346 g/mol. The van der Waals surface area contributed by atoms with Gasteiger partial charge in [0.05, 0.1) is 10.6 Å². The van der Waals surface area contributed by atoms with Gasteiger partial charge in [0.2, 0.25) is 0 Å². The number of alkyl halides is 1. The standard InChI is InChI=1S/C9H7ClF2INO/c10-6-4-7(11)5(3-8(6)12)9(15)14-2-1-13/h3-4H,1-2H2,(H,14,15). The molecule has 0 aromatic heterocycles. The monoisotopic (exact) mass is 345 g/mol. The Morgan fingerprint density at radius 1 is 1.40 bits per heavy atom. The van der Waals surface area contributed by atoms with Crippen molar-refractivity contribution in [1.29, 1.82) is 0 Å². The first-order chi connectivity index (χ1) is 7.06. The van der Waals surface area contributed by atoms with E-state index >= 15 is 0 Å². The number of benzene rings is 1. The molecule has 82 valence electrons. The topological polar surface area (TPSA) is 29.1 Å². The van der Waals surface area contributed by atoms with Crippen molar-refractivity contribution in [2.24, 2.45) is 0 Å². The molecule has 1 rings (SSSR count). The van der Waals surface area contributed by atoms with Crippen molar-refractivity contribution in [2.75, 3.05) is 11.0 Å². The Morgan fingerprint density at radius 2 is 2.07 bits per heavy atom. The van der Waals surface area contributed by atoms with E-state index in [2.05, 4.69) is 27.9 Å². The minimum Gasteiger partial charge on any atom is -0.351 e. The largest absolute Gasteiger partial charge is 0.351 e. The third-order valence-electron chi connectivity index (χ3n) is 1.63. The number of halogens is 4. The lowest BCUT2D eigenvalue weighted by molar-refractivity contribution is 0.0952. The van der Waals surface area contributed by atoms with Gasteiger partial charge in [-0.05, 0) is 12.1 Å². The summed E-state index contributed by atoms with van der Waals surface area (Å²) >= 11 is 7.40. The molecule has 0 radical (unpaired) electrons. The van der Waals surface area contributed by atoms with Crippen LogP contribution in [0.4, 0.5) is 8.78 Å². The van der Waals surface area contributed by atoms with Crippen LogP contribution in [0, 0.1) is 11.6 Å². The van der Waals surface area contributed by atoms with Gasteiger partial charge in [-0.25, -0.2) is 8.78 Å². The summed E-state index contributed by atoms with van der Waals surface area (Å²) in [5.74, 6) is -2.27. The molecule has 1 aromatic carbocycles. The Bertz CT molecular complexity index is 387. The average Bonchev–Trinajstić information content (AvgIpc) is 2.20. The summed E-state index contributed by atoms with van der Waals surface area (Å²) < 4.78 is 26.9. The maximum Gasteiger partial charge on any atom is 0.254 e. The molecule has 1 aromatic rings. The molecule has 0 atom stereocenters. The smallest absolute Gasteiger partial charge is 0.254 e. The van der Waals surface area contributed by atoms with Gasteiger partial charge in [0.1, 0.15) is 11.6 Å². The minimum atomic E-state index is -0.827. The van der Waals surface area contributed by atoms with Crippen molar-refractivity contribution >= 4 is 40.1 Å². The van der Waals surface area contributed by atoms with Crippen LogP contribution in [-0.4, -0.2) is 16.9 Å². The van der Waals surface area contributed by atoms with E-state index in [4.69, 9.17) is 11.6 Å². The van der Waals surface area contributed by atoms with Crippen LogP contribution >= 0.6 is 34.2 Å².